The summed E-state index contributed by atoms with van der Waals surface area (Å²) in [6.45, 7) is 13.5. The second-order valence-electron chi connectivity index (χ2n) is 6.49. The van der Waals surface area contributed by atoms with Gasteiger partial charge in [-0.3, -0.25) is 9.58 Å². The number of hydrogen-bond acceptors (Lipinski definition) is 3. The van der Waals surface area contributed by atoms with E-state index in [4.69, 9.17) is 0 Å². The van der Waals surface area contributed by atoms with Crippen molar-refractivity contribution in [3.05, 3.63) is 17.0 Å². The van der Waals surface area contributed by atoms with Crippen molar-refractivity contribution in [2.45, 2.75) is 59.2 Å². The van der Waals surface area contributed by atoms with Gasteiger partial charge < -0.3 is 5.32 Å². The van der Waals surface area contributed by atoms with Crippen LogP contribution < -0.4 is 5.32 Å². The Morgan fingerprint density at radius 1 is 1.35 bits per heavy atom. The molecule has 4 heteroatoms. The lowest BCUT2D eigenvalue weighted by Crippen LogP contribution is -2.40. The molecule has 2 saturated heterocycles. The van der Waals surface area contributed by atoms with Gasteiger partial charge in [0.05, 0.1) is 5.69 Å². The van der Waals surface area contributed by atoms with E-state index in [1.807, 2.05) is 0 Å². The smallest absolute Gasteiger partial charge is 0.0644 e. The van der Waals surface area contributed by atoms with Crippen molar-refractivity contribution in [2.75, 3.05) is 19.6 Å². The number of hydrogen-bond donors (Lipinski definition) is 1. The number of nitrogens with zero attached hydrogens (tertiary/aromatic N) is 3. The van der Waals surface area contributed by atoms with Crippen molar-refractivity contribution < 1.29 is 0 Å². The van der Waals surface area contributed by atoms with E-state index in [0.717, 1.165) is 12.5 Å². The van der Waals surface area contributed by atoms with Gasteiger partial charge in [-0.15, -0.1) is 0 Å². The maximum atomic E-state index is 4.69. The number of fused-ring (bicyclic) bond motifs is 1. The van der Waals surface area contributed by atoms with E-state index >= 15 is 0 Å². The molecule has 0 spiro atoms. The van der Waals surface area contributed by atoms with Crippen LogP contribution in [0.4, 0.5) is 0 Å². The average Bonchev–Trinajstić information content (AvgIpc) is 2.99. The Hall–Kier alpha value is -0.870. The van der Waals surface area contributed by atoms with Gasteiger partial charge in [0.25, 0.3) is 0 Å². The van der Waals surface area contributed by atoms with E-state index in [-0.39, 0.29) is 0 Å². The Balaban J connectivity index is 1.79. The van der Waals surface area contributed by atoms with Gasteiger partial charge in [-0.25, -0.2) is 0 Å². The zero-order valence-corrected chi connectivity index (χ0v) is 13.3. The number of piperidine rings is 1. The molecule has 2 aliphatic rings. The summed E-state index contributed by atoms with van der Waals surface area (Å²) < 4.78 is 2.14. The minimum Gasteiger partial charge on any atom is -0.312 e. The normalized spacial score (nSPS) is 28.6. The molecule has 2 fully saturated rings. The molecule has 3 heterocycles. The lowest BCUT2D eigenvalue weighted by atomic mass is 9.94. The summed E-state index contributed by atoms with van der Waals surface area (Å²) in [6, 6.07) is 1.20. The molecule has 3 rings (SSSR count). The number of rotatable bonds is 3. The molecular weight excluding hydrogens is 248 g/mol. The molecule has 1 N–H and O–H groups in total. The van der Waals surface area contributed by atoms with E-state index in [0.29, 0.717) is 12.1 Å². The van der Waals surface area contributed by atoms with Crippen LogP contribution in [0.5, 0.6) is 0 Å². The molecule has 1 unspecified atom stereocenters. The third kappa shape index (κ3) is 2.29. The molecule has 0 aliphatic carbocycles. The van der Waals surface area contributed by atoms with Gasteiger partial charge in [0.15, 0.2) is 0 Å². The fourth-order valence-electron chi connectivity index (χ4n) is 4.20. The Bertz CT molecular complexity index is 465. The van der Waals surface area contributed by atoms with Gasteiger partial charge >= 0.3 is 0 Å². The number of aromatic nitrogens is 2. The van der Waals surface area contributed by atoms with E-state index in [2.05, 4.69) is 47.7 Å². The summed E-state index contributed by atoms with van der Waals surface area (Å²) in [5.74, 6) is 0.855. The largest absolute Gasteiger partial charge is 0.312 e. The quantitative estimate of drug-likeness (QED) is 0.919. The van der Waals surface area contributed by atoms with Crippen LogP contribution >= 0.6 is 0 Å². The summed E-state index contributed by atoms with van der Waals surface area (Å²) in [7, 11) is 0. The standard InChI is InChI=1S/C16H28N4/c1-5-20-13(4)16(11(2)18-20)12(3)19-9-14-7-6-8-17-15(14)10-19/h12,14-15,17H,5-10H2,1-4H3/t12?,14-,15+/m0/s1. The van der Waals surface area contributed by atoms with Crippen molar-refractivity contribution in [2.24, 2.45) is 5.92 Å². The summed E-state index contributed by atoms with van der Waals surface area (Å²) in [5, 5.41) is 8.39. The van der Waals surface area contributed by atoms with Crippen LogP contribution in [0, 0.1) is 19.8 Å². The number of likely N-dealkylation sites (tertiary alicyclic amines) is 1. The second kappa shape index (κ2) is 5.49. The first kappa shape index (κ1) is 14.1. The molecule has 20 heavy (non-hydrogen) atoms. The zero-order chi connectivity index (χ0) is 14.3. The van der Waals surface area contributed by atoms with Gasteiger partial charge in [0, 0.05) is 43.0 Å². The molecule has 0 amide bonds. The lowest BCUT2D eigenvalue weighted by molar-refractivity contribution is 0.249. The van der Waals surface area contributed by atoms with Crippen LogP contribution in [0.15, 0.2) is 0 Å². The fourth-order valence-corrected chi connectivity index (χ4v) is 4.20. The Labute approximate surface area is 122 Å². The summed E-state index contributed by atoms with van der Waals surface area (Å²) in [6.07, 6.45) is 2.74. The third-order valence-corrected chi connectivity index (χ3v) is 5.33. The molecule has 0 aromatic carbocycles. The van der Waals surface area contributed by atoms with Gasteiger partial charge in [-0.1, -0.05) is 0 Å². The molecule has 2 aliphatic heterocycles. The van der Waals surface area contributed by atoms with E-state index < -0.39 is 0 Å². The highest BCUT2D eigenvalue weighted by Crippen LogP contribution is 2.33. The average molecular weight is 276 g/mol. The highest BCUT2D eigenvalue weighted by molar-refractivity contribution is 5.28. The second-order valence-corrected chi connectivity index (χ2v) is 6.49. The van der Waals surface area contributed by atoms with Crippen LogP contribution in [0.25, 0.3) is 0 Å². The molecule has 0 bridgehead atoms. The molecule has 0 radical (unpaired) electrons. The number of nitrogens with one attached hydrogen (secondary N) is 1. The molecule has 3 atom stereocenters. The van der Waals surface area contributed by atoms with Crippen LogP contribution in [0.2, 0.25) is 0 Å². The minimum atomic E-state index is 0.489. The van der Waals surface area contributed by atoms with Crippen molar-refractivity contribution in [3.8, 4) is 0 Å². The third-order valence-electron chi connectivity index (χ3n) is 5.33. The van der Waals surface area contributed by atoms with Crippen LogP contribution in [0.3, 0.4) is 0 Å². The minimum absolute atomic E-state index is 0.489. The van der Waals surface area contributed by atoms with Crippen molar-refractivity contribution in [3.63, 3.8) is 0 Å². The molecule has 112 valence electrons. The topological polar surface area (TPSA) is 33.1 Å². The van der Waals surface area contributed by atoms with Crippen LogP contribution in [0.1, 0.15) is 49.7 Å². The molecule has 4 nitrogen and oxygen atoms in total. The highest BCUT2D eigenvalue weighted by Gasteiger charge is 2.37. The Morgan fingerprint density at radius 2 is 2.15 bits per heavy atom. The maximum Gasteiger partial charge on any atom is 0.0644 e. The Kier molecular flexibility index (Phi) is 3.87. The zero-order valence-electron chi connectivity index (χ0n) is 13.3. The first-order valence-corrected chi connectivity index (χ1v) is 8.13. The molecule has 0 saturated carbocycles. The fraction of sp³-hybridized carbons (Fsp3) is 0.812. The van der Waals surface area contributed by atoms with Gasteiger partial charge in [0.1, 0.15) is 0 Å². The SMILES string of the molecule is CCn1nc(C)c(C(C)N2C[C@@H]3CCCN[C@@H]3C2)c1C. The Morgan fingerprint density at radius 3 is 2.80 bits per heavy atom. The maximum absolute atomic E-state index is 4.69. The first-order chi connectivity index (χ1) is 9.61. The van der Waals surface area contributed by atoms with Gasteiger partial charge in [-0.05, 0) is 53.0 Å². The van der Waals surface area contributed by atoms with Crippen molar-refractivity contribution >= 4 is 0 Å². The molecular formula is C16H28N4. The predicted octanol–water partition coefficient (Wildman–Crippen LogP) is 2.26. The molecule has 1 aromatic heterocycles. The molecule has 1 aromatic rings. The van der Waals surface area contributed by atoms with Gasteiger partial charge in [-0.2, -0.15) is 5.10 Å². The van der Waals surface area contributed by atoms with Crippen LogP contribution in [-0.2, 0) is 6.54 Å². The summed E-state index contributed by atoms with van der Waals surface area (Å²) >= 11 is 0. The van der Waals surface area contributed by atoms with Crippen molar-refractivity contribution in [1.29, 1.82) is 0 Å². The van der Waals surface area contributed by atoms with Crippen LogP contribution in [-0.4, -0.2) is 40.4 Å². The monoisotopic (exact) mass is 276 g/mol. The number of aryl methyl sites for hydroxylation is 2. The van der Waals surface area contributed by atoms with Gasteiger partial charge in [0.2, 0.25) is 0 Å². The summed E-state index contributed by atoms with van der Waals surface area (Å²) in [5.41, 5.74) is 4.01. The first-order valence-electron chi connectivity index (χ1n) is 8.13. The van der Waals surface area contributed by atoms with E-state index in [1.165, 1.54) is 49.4 Å². The predicted molar refractivity (Wildman–Crippen MR) is 81.9 cm³/mol. The lowest BCUT2D eigenvalue weighted by Gasteiger charge is -2.25. The van der Waals surface area contributed by atoms with E-state index in [9.17, 15) is 0 Å². The van der Waals surface area contributed by atoms with E-state index in [1.54, 1.807) is 0 Å². The highest BCUT2D eigenvalue weighted by atomic mass is 15.3. The van der Waals surface area contributed by atoms with Crippen molar-refractivity contribution in [1.82, 2.24) is 20.0 Å². The summed E-state index contributed by atoms with van der Waals surface area (Å²) in [4.78, 5) is 2.66.